The third-order valence-corrected chi connectivity index (χ3v) is 2.01. The topological polar surface area (TPSA) is 29.5 Å². The fourth-order valence-corrected chi connectivity index (χ4v) is 0.853. The third-order valence-electron chi connectivity index (χ3n) is 1.53. The average molecular weight is 285 g/mol. The zero-order valence-corrected chi connectivity index (χ0v) is 10.00. The van der Waals surface area contributed by atoms with Gasteiger partial charge in [0.15, 0.2) is 0 Å². The van der Waals surface area contributed by atoms with Crippen LogP contribution in [0.1, 0.15) is 26.7 Å². The summed E-state index contributed by atoms with van der Waals surface area (Å²) in [7, 11) is 1.93. The number of nitrogens with zero attached hydrogens (tertiary/aromatic N) is 1. The van der Waals surface area contributed by atoms with Crippen molar-refractivity contribution in [3.63, 3.8) is 0 Å². The van der Waals surface area contributed by atoms with Crippen molar-refractivity contribution in [2.24, 2.45) is 0 Å². The molecule has 3 nitrogen and oxygen atoms in total. The van der Waals surface area contributed by atoms with Crippen LogP contribution in [0.25, 0.3) is 0 Å². The number of carbonyl (C=O) groups excluding carboxylic acids is 1. The second kappa shape index (κ2) is 6.65. The summed E-state index contributed by atoms with van der Waals surface area (Å²) in [4.78, 5) is 11.1. The van der Waals surface area contributed by atoms with E-state index in [2.05, 4.69) is 22.9 Å². The first-order valence-electron chi connectivity index (χ1n) is 4.12. The molecule has 0 aromatic heterocycles. The Kier molecular flexibility index (Phi) is 6.74. The monoisotopic (exact) mass is 285 g/mol. The van der Waals surface area contributed by atoms with E-state index in [0.717, 1.165) is 13.0 Å². The second-order valence-electron chi connectivity index (χ2n) is 2.79. The van der Waals surface area contributed by atoms with E-state index < -0.39 is 0 Å². The van der Waals surface area contributed by atoms with Gasteiger partial charge in [-0.3, -0.25) is 7.91 Å². The summed E-state index contributed by atoms with van der Waals surface area (Å²) in [6.45, 7) is 4.66. The molecule has 0 aliphatic rings. The molecule has 1 unspecified atom stereocenters. The van der Waals surface area contributed by atoms with E-state index >= 15 is 0 Å². The molecule has 0 N–H and O–H groups in total. The predicted octanol–water partition coefficient (Wildman–Crippen LogP) is 2.00. The second-order valence-corrected chi connectivity index (χ2v) is 4.43. The Morgan fingerprint density at radius 1 is 1.67 bits per heavy atom. The lowest BCUT2D eigenvalue weighted by Crippen LogP contribution is -2.18. The Morgan fingerprint density at radius 3 is 2.67 bits per heavy atom. The van der Waals surface area contributed by atoms with Gasteiger partial charge >= 0.3 is 5.97 Å². The van der Waals surface area contributed by atoms with E-state index in [1.54, 1.807) is 0 Å². The predicted molar refractivity (Wildman–Crippen MR) is 57.1 cm³/mol. The van der Waals surface area contributed by atoms with Gasteiger partial charge in [-0.25, -0.2) is 0 Å². The fourth-order valence-electron chi connectivity index (χ4n) is 0.612. The molecule has 0 bridgehead atoms. The summed E-state index contributed by atoms with van der Waals surface area (Å²) in [5, 5.41) is 0. The van der Waals surface area contributed by atoms with E-state index in [1.807, 2.05) is 24.0 Å². The molecule has 4 heteroatoms. The molecule has 1 atom stereocenters. The Labute approximate surface area is 87.9 Å². The lowest BCUT2D eigenvalue weighted by atomic mass is 10.3. The molecular weight excluding hydrogens is 269 g/mol. The highest BCUT2D eigenvalue weighted by atomic mass is 127. The molecule has 0 saturated heterocycles. The van der Waals surface area contributed by atoms with Crippen LogP contribution in [0, 0.1) is 0 Å². The molecule has 0 aliphatic heterocycles. The molecule has 0 radical (unpaired) electrons. The summed E-state index contributed by atoms with van der Waals surface area (Å²) in [5.41, 5.74) is 0. The number of hydrogen-bond donors (Lipinski definition) is 0. The van der Waals surface area contributed by atoms with Gasteiger partial charge in [0.2, 0.25) is 0 Å². The van der Waals surface area contributed by atoms with Crippen molar-refractivity contribution >= 4 is 28.8 Å². The summed E-state index contributed by atoms with van der Waals surface area (Å²) in [5.74, 6) is -0.104. The molecule has 0 aromatic rings. The van der Waals surface area contributed by atoms with E-state index in [1.165, 1.54) is 0 Å². The Hall–Kier alpha value is 0.160. The summed E-state index contributed by atoms with van der Waals surface area (Å²) < 4.78 is 7.02. The minimum absolute atomic E-state index is 0.0528. The van der Waals surface area contributed by atoms with Crippen molar-refractivity contribution in [2.75, 3.05) is 13.6 Å². The summed E-state index contributed by atoms with van der Waals surface area (Å²) in [6, 6.07) is 0. The molecule has 0 aliphatic carbocycles. The molecule has 0 amide bonds. The van der Waals surface area contributed by atoms with Gasteiger partial charge in [-0.05, 0) is 20.4 Å². The highest BCUT2D eigenvalue weighted by Crippen LogP contribution is 2.01. The van der Waals surface area contributed by atoms with Gasteiger partial charge in [-0.15, -0.1) is 0 Å². The summed E-state index contributed by atoms with van der Waals surface area (Å²) in [6.07, 6.45) is 1.41. The Bertz CT molecular complexity index is 139. The highest BCUT2D eigenvalue weighted by Gasteiger charge is 2.07. The zero-order chi connectivity index (χ0) is 9.56. The van der Waals surface area contributed by atoms with Gasteiger partial charge in [-0.1, -0.05) is 6.92 Å². The quantitative estimate of drug-likeness (QED) is 0.439. The molecule has 0 spiro atoms. The molecule has 0 fully saturated rings. The minimum Gasteiger partial charge on any atom is -0.463 e. The number of ether oxygens (including phenoxy) is 1. The van der Waals surface area contributed by atoms with Gasteiger partial charge in [-0.2, -0.15) is 0 Å². The SMILES string of the molecule is CCC(C)OC(=O)CCN(C)I. The summed E-state index contributed by atoms with van der Waals surface area (Å²) >= 11 is 2.14. The normalized spacial score (nSPS) is 13.1. The molecule has 0 aromatic carbocycles. The number of hydrogen-bond acceptors (Lipinski definition) is 3. The van der Waals surface area contributed by atoms with Crippen LogP contribution in [0.2, 0.25) is 0 Å². The number of esters is 1. The molecular formula is C8H16INO2. The third kappa shape index (κ3) is 6.84. The molecule has 0 saturated carbocycles. The number of carbonyl (C=O) groups is 1. The van der Waals surface area contributed by atoms with Gasteiger partial charge in [0, 0.05) is 29.4 Å². The van der Waals surface area contributed by atoms with Crippen LogP contribution in [0.4, 0.5) is 0 Å². The van der Waals surface area contributed by atoms with Gasteiger partial charge < -0.3 is 4.74 Å². The standard InChI is InChI=1S/C8H16INO2/c1-4-7(2)12-8(11)5-6-10(3)9/h7H,4-6H2,1-3H3. The molecule has 0 heterocycles. The van der Waals surface area contributed by atoms with Crippen LogP contribution in [0.3, 0.4) is 0 Å². The van der Waals surface area contributed by atoms with Crippen LogP contribution >= 0.6 is 22.9 Å². The number of halogens is 1. The van der Waals surface area contributed by atoms with Crippen molar-refractivity contribution in [2.45, 2.75) is 32.8 Å². The van der Waals surface area contributed by atoms with Crippen molar-refractivity contribution in [3.8, 4) is 0 Å². The first-order chi connectivity index (χ1) is 5.56. The van der Waals surface area contributed by atoms with E-state index in [-0.39, 0.29) is 12.1 Å². The van der Waals surface area contributed by atoms with Crippen LogP contribution in [-0.2, 0) is 9.53 Å². The molecule has 72 valence electrons. The van der Waals surface area contributed by atoms with Crippen molar-refractivity contribution in [3.05, 3.63) is 0 Å². The maximum Gasteiger partial charge on any atom is 0.307 e. The van der Waals surface area contributed by atoms with Crippen molar-refractivity contribution < 1.29 is 9.53 Å². The smallest absolute Gasteiger partial charge is 0.307 e. The van der Waals surface area contributed by atoms with Gasteiger partial charge in [0.25, 0.3) is 0 Å². The first kappa shape index (κ1) is 12.2. The molecule has 0 rings (SSSR count). The highest BCUT2D eigenvalue weighted by molar-refractivity contribution is 14.1. The largest absolute Gasteiger partial charge is 0.463 e. The van der Waals surface area contributed by atoms with Crippen molar-refractivity contribution in [1.82, 2.24) is 3.11 Å². The fraction of sp³-hybridized carbons (Fsp3) is 0.875. The van der Waals surface area contributed by atoms with Crippen molar-refractivity contribution in [1.29, 1.82) is 0 Å². The first-order valence-corrected chi connectivity index (χ1v) is 5.09. The maximum atomic E-state index is 11.1. The van der Waals surface area contributed by atoms with E-state index in [0.29, 0.717) is 6.42 Å². The van der Waals surface area contributed by atoms with Crippen LogP contribution in [-0.4, -0.2) is 28.8 Å². The Morgan fingerprint density at radius 2 is 2.25 bits per heavy atom. The molecule has 12 heavy (non-hydrogen) atoms. The van der Waals surface area contributed by atoms with Gasteiger partial charge in [0.1, 0.15) is 0 Å². The minimum atomic E-state index is -0.104. The lowest BCUT2D eigenvalue weighted by molar-refractivity contribution is -0.148. The van der Waals surface area contributed by atoms with Gasteiger partial charge in [0.05, 0.1) is 12.5 Å². The average Bonchev–Trinajstić information content (AvgIpc) is 2.00. The number of rotatable bonds is 5. The van der Waals surface area contributed by atoms with E-state index in [9.17, 15) is 4.79 Å². The maximum absolute atomic E-state index is 11.1. The van der Waals surface area contributed by atoms with E-state index in [4.69, 9.17) is 4.74 Å². The van der Waals surface area contributed by atoms with Crippen LogP contribution in [0.5, 0.6) is 0 Å². The van der Waals surface area contributed by atoms with Crippen LogP contribution in [0.15, 0.2) is 0 Å². The van der Waals surface area contributed by atoms with Crippen LogP contribution < -0.4 is 0 Å². The Balaban J connectivity index is 3.46. The zero-order valence-electron chi connectivity index (χ0n) is 7.84. The lowest BCUT2D eigenvalue weighted by Gasteiger charge is -2.11.